The Morgan fingerprint density at radius 1 is 1.73 bits per heavy atom. The van der Waals surface area contributed by atoms with Crippen LogP contribution < -0.4 is 0 Å². The molecule has 1 aromatic heterocycles. The molecule has 1 rings (SSSR count). The number of halogens is 1. The van der Waals surface area contributed by atoms with E-state index in [9.17, 15) is 0 Å². The molecule has 0 saturated heterocycles. The first kappa shape index (κ1) is 9.92. The van der Waals surface area contributed by atoms with E-state index < -0.39 is 0 Å². The molecule has 0 saturated carbocycles. The molecule has 0 fully saturated rings. The standard InChI is InChI=1S/C4H5ClN2O.C2H3N/c1-3-6-4(2-5)8-7-3;1-2-3/h2H2,1H3;1H3. The molecule has 0 aliphatic heterocycles. The van der Waals surface area contributed by atoms with Crippen LogP contribution in [0.15, 0.2) is 4.52 Å². The van der Waals surface area contributed by atoms with Crippen LogP contribution in [-0.4, -0.2) is 10.1 Å². The highest BCUT2D eigenvalue weighted by molar-refractivity contribution is 6.16. The Hall–Kier alpha value is -1.08. The van der Waals surface area contributed by atoms with E-state index in [0.717, 1.165) is 0 Å². The quantitative estimate of drug-likeness (QED) is 0.606. The molecule has 60 valence electrons. The summed E-state index contributed by atoms with van der Waals surface area (Å²) >= 11 is 5.34. The first-order valence-electron chi connectivity index (χ1n) is 2.90. The fourth-order valence-corrected chi connectivity index (χ4v) is 0.503. The Labute approximate surface area is 69.8 Å². The second kappa shape index (κ2) is 5.69. The maximum absolute atomic E-state index is 7.32. The van der Waals surface area contributed by atoms with E-state index >= 15 is 0 Å². The van der Waals surface area contributed by atoms with Crippen molar-refractivity contribution in [3.63, 3.8) is 0 Å². The highest BCUT2D eigenvalue weighted by Gasteiger charge is 1.96. The van der Waals surface area contributed by atoms with Gasteiger partial charge in [0.05, 0.1) is 6.07 Å². The zero-order chi connectivity index (χ0) is 8.69. The van der Waals surface area contributed by atoms with Gasteiger partial charge >= 0.3 is 0 Å². The van der Waals surface area contributed by atoms with Crippen LogP contribution >= 0.6 is 11.6 Å². The van der Waals surface area contributed by atoms with E-state index in [1.165, 1.54) is 6.92 Å². The molecule has 1 heterocycles. The van der Waals surface area contributed by atoms with E-state index in [0.29, 0.717) is 17.6 Å². The molecule has 0 amide bonds. The molecule has 0 radical (unpaired) electrons. The molecule has 0 bridgehead atoms. The van der Waals surface area contributed by atoms with Crippen LogP contribution in [0.1, 0.15) is 18.6 Å². The number of hydrogen-bond acceptors (Lipinski definition) is 4. The highest BCUT2D eigenvalue weighted by atomic mass is 35.5. The SMILES string of the molecule is CC#N.Cc1noc(CCl)n1. The van der Waals surface area contributed by atoms with Crippen molar-refractivity contribution >= 4 is 11.6 Å². The van der Waals surface area contributed by atoms with Crippen LogP contribution in [0.3, 0.4) is 0 Å². The first-order valence-corrected chi connectivity index (χ1v) is 3.44. The third-order valence-corrected chi connectivity index (χ3v) is 0.913. The second-order valence-corrected chi connectivity index (χ2v) is 1.86. The highest BCUT2D eigenvalue weighted by Crippen LogP contribution is 1.97. The molecule has 11 heavy (non-hydrogen) atoms. The summed E-state index contributed by atoms with van der Waals surface area (Å²) < 4.78 is 4.62. The maximum Gasteiger partial charge on any atom is 0.241 e. The fourth-order valence-electron chi connectivity index (χ4n) is 0.394. The lowest BCUT2D eigenvalue weighted by atomic mass is 10.7. The number of hydrogen-bond donors (Lipinski definition) is 0. The van der Waals surface area contributed by atoms with E-state index in [2.05, 4.69) is 14.7 Å². The summed E-state index contributed by atoms with van der Waals surface area (Å²) in [7, 11) is 0. The van der Waals surface area contributed by atoms with Gasteiger partial charge in [0.25, 0.3) is 0 Å². The van der Waals surface area contributed by atoms with Gasteiger partial charge < -0.3 is 4.52 Å². The number of nitrogens with zero attached hydrogens (tertiary/aromatic N) is 3. The smallest absolute Gasteiger partial charge is 0.241 e. The second-order valence-electron chi connectivity index (χ2n) is 1.59. The van der Waals surface area contributed by atoms with Crippen molar-refractivity contribution in [3.05, 3.63) is 11.7 Å². The van der Waals surface area contributed by atoms with Crippen molar-refractivity contribution in [1.29, 1.82) is 5.26 Å². The van der Waals surface area contributed by atoms with E-state index in [1.807, 2.05) is 0 Å². The van der Waals surface area contributed by atoms with Crippen LogP contribution in [0, 0.1) is 18.3 Å². The zero-order valence-corrected chi connectivity index (χ0v) is 7.09. The van der Waals surface area contributed by atoms with Gasteiger partial charge in [0.1, 0.15) is 5.88 Å². The summed E-state index contributed by atoms with van der Waals surface area (Å²) in [6.45, 7) is 3.18. The average Bonchev–Trinajstić information content (AvgIpc) is 2.37. The number of rotatable bonds is 1. The van der Waals surface area contributed by atoms with Crippen molar-refractivity contribution in [2.24, 2.45) is 0 Å². The van der Waals surface area contributed by atoms with Crippen molar-refractivity contribution in [1.82, 2.24) is 10.1 Å². The maximum atomic E-state index is 7.32. The predicted octanol–water partition coefficient (Wildman–Crippen LogP) is 1.65. The van der Waals surface area contributed by atoms with Crippen molar-refractivity contribution in [2.75, 3.05) is 0 Å². The van der Waals surface area contributed by atoms with Crippen LogP contribution in [0.2, 0.25) is 0 Å². The molecule has 0 atom stereocenters. The molecule has 0 aliphatic rings. The molecule has 4 nitrogen and oxygen atoms in total. The molecule has 0 spiro atoms. The van der Waals surface area contributed by atoms with Gasteiger partial charge in [-0.05, 0) is 6.92 Å². The van der Waals surface area contributed by atoms with Crippen LogP contribution in [0.5, 0.6) is 0 Å². The number of aromatic nitrogens is 2. The zero-order valence-electron chi connectivity index (χ0n) is 6.33. The van der Waals surface area contributed by atoms with Gasteiger partial charge in [-0.3, -0.25) is 0 Å². The Kier molecular flexibility index (Phi) is 5.13. The van der Waals surface area contributed by atoms with Gasteiger partial charge in [-0.25, -0.2) is 0 Å². The lowest BCUT2D eigenvalue weighted by Crippen LogP contribution is -1.74. The average molecular weight is 174 g/mol. The summed E-state index contributed by atoms with van der Waals surface area (Å²) in [4.78, 5) is 3.82. The summed E-state index contributed by atoms with van der Waals surface area (Å²) in [5.74, 6) is 1.39. The Morgan fingerprint density at radius 3 is 2.45 bits per heavy atom. The van der Waals surface area contributed by atoms with Gasteiger partial charge in [-0.15, -0.1) is 11.6 Å². The van der Waals surface area contributed by atoms with Crippen molar-refractivity contribution in [3.8, 4) is 6.07 Å². The summed E-state index contributed by atoms with van der Waals surface area (Å²) in [6, 6.07) is 1.75. The van der Waals surface area contributed by atoms with Crippen LogP contribution in [0.25, 0.3) is 0 Å². The first-order chi connectivity index (χ1) is 5.24. The largest absolute Gasteiger partial charge is 0.338 e. The summed E-state index contributed by atoms with van der Waals surface area (Å²) in [6.07, 6.45) is 0. The Balaban J connectivity index is 0.000000292. The van der Waals surface area contributed by atoms with E-state index in [4.69, 9.17) is 16.9 Å². The molecule has 0 aromatic carbocycles. The summed E-state index contributed by atoms with van der Waals surface area (Å²) in [5.41, 5.74) is 0. The topological polar surface area (TPSA) is 62.7 Å². The van der Waals surface area contributed by atoms with E-state index in [-0.39, 0.29) is 0 Å². The van der Waals surface area contributed by atoms with Gasteiger partial charge in [0.2, 0.25) is 5.89 Å². The Morgan fingerprint density at radius 2 is 2.27 bits per heavy atom. The fraction of sp³-hybridized carbons (Fsp3) is 0.500. The van der Waals surface area contributed by atoms with Crippen LogP contribution in [-0.2, 0) is 5.88 Å². The minimum Gasteiger partial charge on any atom is -0.338 e. The van der Waals surface area contributed by atoms with Gasteiger partial charge in [-0.2, -0.15) is 10.2 Å². The molecular formula is C6H8ClN3O. The lowest BCUT2D eigenvalue weighted by Gasteiger charge is -1.73. The lowest BCUT2D eigenvalue weighted by molar-refractivity contribution is 0.386. The third-order valence-electron chi connectivity index (χ3n) is 0.684. The number of aryl methyl sites for hydroxylation is 1. The van der Waals surface area contributed by atoms with Crippen molar-refractivity contribution in [2.45, 2.75) is 19.7 Å². The minimum absolute atomic E-state index is 0.292. The molecule has 0 N–H and O–H groups in total. The summed E-state index contributed by atoms with van der Waals surface area (Å²) in [5, 5.41) is 10.8. The molecule has 5 heteroatoms. The minimum atomic E-state index is 0.292. The monoisotopic (exact) mass is 173 g/mol. The van der Waals surface area contributed by atoms with Gasteiger partial charge in [0.15, 0.2) is 5.82 Å². The predicted molar refractivity (Wildman–Crippen MR) is 39.9 cm³/mol. The van der Waals surface area contributed by atoms with E-state index in [1.54, 1.807) is 13.0 Å². The molecule has 1 aromatic rings. The van der Waals surface area contributed by atoms with Crippen LogP contribution in [0.4, 0.5) is 0 Å². The normalized spacial score (nSPS) is 7.82. The molecular weight excluding hydrogens is 166 g/mol. The Bertz CT molecular complexity index is 240. The number of nitriles is 1. The number of alkyl halides is 1. The van der Waals surface area contributed by atoms with Gasteiger partial charge in [0, 0.05) is 6.92 Å². The molecule has 0 unspecified atom stereocenters. The van der Waals surface area contributed by atoms with Gasteiger partial charge in [-0.1, -0.05) is 5.16 Å². The molecule has 0 aliphatic carbocycles. The van der Waals surface area contributed by atoms with Crippen molar-refractivity contribution < 1.29 is 4.52 Å². The third kappa shape index (κ3) is 4.34.